The van der Waals surface area contributed by atoms with Crippen LogP contribution in [0.2, 0.25) is 0 Å². The number of carbonyl (C=O) groups is 3. The molecule has 9 heteroatoms. The number of anilines is 1. The minimum Gasteiger partial charge on any atom is -0.497 e. The molecule has 3 aromatic rings. The van der Waals surface area contributed by atoms with Crippen molar-refractivity contribution in [3.05, 3.63) is 72.1 Å². The number of ether oxygens (including phenoxy) is 3. The van der Waals surface area contributed by atoms with E-state index in [-0.39, 0.29) is 17.0 Å². The van der Waals surface area contributed by atoms with Crippen LogP contribution < -0.4 is 24.4 Å². The number of hydrogen-bond donors (Lipinski definition) is 1. The van der Waals surface area contributed by atoms with Crippen LogP contribution in [0, 0.1) is 0 Å². The standard InChI is InChI=1S/C24H21N3O6/c1-31-17-8-6-15(7-9-17)26-12-4-5-16(26)13-19-22(28)25-24(30)27(23(19)29)20-11-10-18(32-2)14-21(20)33-3/h4-14H,1-3H3,(H,25,28,30)/b19-13+. The highest BCUT2D eigenvalue weighted by Crippen LogP contribution is 2.34. The van der Waals surface area contributed by atoms with E-state index >= 15 is 0 Å². The molecule has 0 radical (unpaired) electrons. The molecule has 1 aliphatic heterocycles. The van der Waals surface area contributed by atoms with E-state index in [2.05, 4.69) is 5.32 Å². The Balaban J connectivity index is 1.74. The summed E-state index contributed by atoms with van der Waals surface area (Å²) in [6.45, 7) is 0. The lowest BCUT2D eigenvalue weighted by molar-refractivity contribution is -0.122. The second-order valence-electron chi connectivity index (χ2n) is 7.00. The van der Waals surface area contributed by atoms with Crippen LogP contribution in [0.4, 0.5) is 10.5 Å². The predicted octanol–water partition coefficient (Wildman–Crippen LogP) is 3.17. The van der Waals surface area contributed by atoms with Gasteiger partial charge in [-0.2, -0.15) is 0 Å². The monoisotopic (exact) mass is 447 g/mol. The van der Waals surface area contributed by atoms with Crippen LogP contribution in [0.5, 0.6) is 17.2 Å². The molecule has 0 atom stereocenters. The summed E-state index contributed by atoms with van der Waals surface area (Å²) in [6, 6.07) is 14.6. The van der Waals surface area contributed by atoms with Gasteiger partial charge in [0.2, 0.25) is 0 Å². The summed E-state index contributed by atoms with van der Waals surface area (Å²) in [7, 11) is 4.48. The lowest BCUT2D eigenvalue weighted by Gasteiger charge is -2.27. The second kappa shape index (κ2) is 8.91. The molecule has 0 bridgehead atoms. The van der Waals surface area contributed by atoms with Crippen molar-refractivity contribution in [3.63, 3.8) is 0 Å². The highest BCUT2D eigenvalue weighted by atomic mass is 16.5. The number of benzene rings is 2. The Morgan fingerprint density at radius 3 is 2.21 bits per heavy atom. The van der Waals surface area contributed by atoms with Gasteiger partial charge in [0.05, 0.1) is 27.0 Å². The fourth-order valence-corrected chi connectivity index (χ4v) is 3.48. The van der Waals surface area contributed by atoms with Gasteiger partial charge in [0, 0.05) is 23.6 Å². The van der Waals surface area contributed by atoms with Gasteiger partial charge in [-0.05, 0) is 54.6 Å². The number of hydrogen-bond acceptors (Lipinski definition) is 6. The molecule has 9 nitrogen and oxygen atoms in total. The number of rotatable bonds is 6. The smallest absolute Gasteiger partial charge is 0.336 e. The third-order valence-corrected chi connectivity index (χ3v) is 5.15. The zero-order valence-electron chi connectivity index (χ0n) is 18.2. The van der Waals surface area contributed by atoms with Crippen molar-refractivity contribution in [1.82, 2.24) is 9.88 Å². The summed E-state index contributed by atoms with van der Waals surface area (Å²) in [6.07, 6.45) is 3.24. The molecule has 4 amide bonds. The van der Waals surface area contributed by atoms with Crippen LogP contribution in [-0.4, -0.2) is 43.7 Å². The molecule has 2 aromatic carbocycles. The highest BCUT2D eigenvalue weighted by molar-refractivity contribution is 6.39. The molecule has 1 saturated heterocycles. The SMILES string of the molecule is COc1ccc(-n2cccc2/C=C2\C(=O)NC(=O)N(c3ccc(OC)cc3OC)C2=O)cc1. The molecular weight excluding hydrogens is 426 g/mol. The van der Waals surface area contributed by atoms with Crippen molar-refractivity contribution in [2.75, 3.05) is 26.2 Å². The number of carbonyl (C=O) groups excluding carboxylic acids is 3. The molecule has 0 saturated carbocycles. The van der Waals surface area contributed by atoms with E-state index in [1.165, 1.54) is 26.4 Å². The van der Waals surface area contributed by atoms with Crippen LogP contribution in [0.1, 0.15) is 5.69 Å². The Bertz CT molecular complexity index is 1260. The van der Waals surface area contributed by atoms with Crippen LogP contribution >= 0.6 is 0 Å². The number of barbiturate groups is 1. The average Bonchev–Trinajstić information content (AvgIpc) is 3.30. The Kier molecular flexibility index (Phi) is 5.86. The van der Waals surface area contributed by atoms with Gasteiger partial charge in [0.25, 0.3) is 11.8 Å². The van der Waals surface area contributed by atoms with Crippen LogP contribution in [-0.2, 0) is 9.59 Å². The summed E-state index contributed by atoms with van der Waals surface area (Å²) < 4.78 is 17.5. The van der Waals surface area contributed by atoms with Crippen molar-refractivity contribution >= 4 is 29.6 Å². The minimum atomic E-state index is -0.865. The molecule has 1 fully saturated rings. The fraction of sp³-hybridized carbons (Fsp3) is 0.125. The van der Waals surface area contributed by atoms with Gasteiger partial charge in [-0.15, -0.1) is 0 Å². The molecule has 0 unspecified atom stereocenters. The molecule has 0 aliphatic carbocycles. The number of methoxy groups -OCH3 is 3. The molecule has 33 heavy (non-hydrogen) atoms. The maximum atomic E-state index is 13.3. The molecule has 2 heterocycles. The van der Waals surface area contributed by atoms with Crippen molar-refractivity contribution < 1.29 is 28.6 Å². The summed E-state index contributed by atoms with van der Waals surface area (Å²) in [4.78, 5) is 39.3. The van der Waals surface area contributed by atoms with Gasteiger partial charge in [-0.1, -0.05) is 0 Å². The van der Waals surface area contributed by atoms with Crippen molar-refractivity contribution in [2.45, 2.75) is 0 Å². The Morgan fingerprint density at radius 1 is 0.848 bits per heavy atom. The first-order chi connectivity index (χ1) is 16.0. The number of amides is 4. The van der Waals surface area contributed by atoms with Gasteiger partial charge < -0.3 is 18.8 Å². The van der Waals surface area contributed by atoms with Crippen molar-refractivity contribution in [3.8, 4) is 22.9 Å². The number of nitrogens with zero attached hydrogens (tertiary/aromatic N) is 2. The number of urea groups is 1. The zero-order valence-corrected chi connectivity index (χ0v) is 18.2. The van der Waals surface area contributed by atoms with Gasteiger partial charge in [0.1, 0.15) is 22.8 Å². The Hall–Kier alpha value is -4.53. The Morgan fingerprint density at radius 2 is 1.55 bits per heavy atom. The maximum absolute atomic E-state index is 13.3. The quantitative estimate of drug-likeness (QED) is 0.460. The normalized spacial score (nSPS) is 14.9. The summed E-state index contributed by atoms with van der Waals surface area (Å²) in [5.74, 6) is -0.112. The molecule has 1 N–H and O–H groups in total. The predicted molar refractivity (Wildman–Crippen MR) is 121 cm³/mol. The van der Waals surface area contributed by atoms with E-state index in [1.807, 2.05) is 16.7 Å². The maximum Gasteiger partial charge on any atom is 0.336 e. The highest BCUT2D eigenvalue weighted by Gasteiger charge is 2.38. The zero-order chi connectivity index (χ0) is 23.5. The van der Waals surface area contributed by atoms with Crippen LogP contribution in [0.25, 0.3) is 11.8 Å². The average molecular weight is 447 g/mol. The number of imide groups is 2. The van der Waals surface area contributed by atoms with E-state index in [1.54, 1.807) is 49.7 Å². The van der Waals surface area contributed by atoms with E-state index in [9.17, 15) is 14.4 Å². The first-order valence-corrected chi connectivity index (χ1v) is 9.92. The fourth-order valence-electron chi connectivity index (χ4n) is 3.48. The lowest BCUT2D eigenvalue weighted by atomic mass is 10.1. The Labute approximate surface area is 189 Å². The molecule has 1 aliphatic rings. The van der Waals surface area contributed by atoms with Gasteiger partial charge in [-0.25, -0.2) is 9.69 Å². The van der Waals surface area contributed by atoms with Crippen LogP contribution in [0.15, 0.2) is 66.4 Å². The van der Waals surface area contributed by atoms with E-state index in [4.69, 9.17) is 14.2 Å². The molecular formula is C24H21N3O6. The first-order valence-electron chi connectivity index (χ1n) is 9.92. The van der Waals surface area contributed by atoms with Gasteiger partial charge in [-0.3, -0.25) is 14.9 Å². The van der Waals surface area contributed by atoms with E-state index in [0.717, 1.165) is 10.6 Å². The summed E-state index contributed by atoms with van der Waals surface area (Å²) >= 11 is 0. The van der Waals surface area contributed by atoms with Crippen molar-refractivity contribution in [1.29, 1.82) is 0 Å². The number of aromatic nitrogens is 1. The molecule has 4 rings (SSSR count). The van der Waals surface area contributed by atoms with E-state index < -0.39 is 17.8 Å². The molecule has 0 spiro atoms. The van der Waals surface area contributed by atoms with Gasteiger partial charge in [0.15, 0.2) is 0 Å². The van der Waals surface area contributed by atoms with E-state index in [0.29, 0.717) is 17.2 Å². The lowest BCUT2D eigenvalue weighted by Crippen LogP contribution is -2.54. The largest absolute Gasteiger partial charge is 0.497 e. The second-order valence-corrected chi connectivity index (χ2v) is 7.00. The minimum absolute atomic E-state index is 0.185. The first kappa shape index (κ1) is 21.7. The summed E-state index contributed by atoms with van der Waals surface area (Å²) in [5.41, 5.74) is 1.38. The van der Waals surface area contributed by atoms with Gasteiger partial charge >= 0.3 is 6.03 Å². The topological polar surface area (TPSA) is 99.1 Å². The third kappa shape index (κ3) is 4.03. The number of nitrogens with one attached hydrogen (secondary N) is 1. The molecule has 1 aromatic heterocycles. The third-order valence-electron chi connectivity index (χ3n) is 5.15. The molecule has 168 valence electrons. The van der Waals surface area contributed by atoms with Crippen molar-refractivity contribution in [2.24, 2.45) is 0 Å². The summed E-state index contributed by atoms with van der Waals surface area (Å²) in [5, 5.41) is 2.22. The van der Waals surface area contributed by atoms with Crippen LogP contribution in [0.3, 0.4) is 0 Å².